The van der Waals surface area contributed by atoms with Gasteiger partial charge in [0.15, 0.2) is 0 Å². The van der Waals surface area contributed by atoms with E-state index in [1.165, 1.54) is 0 Å². The lowest BCUT2D eigenvalue weighted by molar-refractivity contribution is -0.155. The molecular weight excluding hydrogens is 204 g/mol. The topological polar surface area (TPSA) is 55.6 Å². The number of ether oxygens (including phenoxy) is 1. The summed E-state index contributed by atoms with van der Waals surface area (Å²) < 4.78 is 5.60. The van der Waals surface area contributed by atoms with Crippen LogP contribution in [0, 0.1) is 5.41 Å². The number of carbonyl (C=O) groups is 1. The van der Waals surface area contributed by atoms with E-state index in [1.807, 2.05) is 32.6 Å². The number of rotatable bonds is 3. The maximum atomic E-state index is 12.4. The molecule has 1 aliphatic rings. The Hall–Kier alpha value is -0.610. The van der Waals surface area contributed by atoms with E-state index >= 15 is 0 Å². The van der Waals surface area contributed by atoms with Crippen LogP contribution >= 0.6 is 0 Å². The minimum atomic E-state index is -0.423. The lowest BCUT2D eigenvalue weighted by atomic mass is 9.85. The molecule has 1 saturated heterocycles. The summed E-state index contributed by atoms with van der Waals surface area (Å²) in [5.74, 6) is 0.161. The van der Waals surface area contributed by atoms with Crippen LogP contribution in [0.3, 0.4) is 0 Å². The van der Waals surface area contributed by atoms with Crippen molar-refractivity contribution in [3.8, 4) is 0 Å². The minimum absolute atomic E-state index is 0.161. The SMILES string of the molecule is CCC(C)(CN)C(=O)N1CCOC(C)(C)C1. The van der Waals surface area contributed by atoms with Crippen LogP contribution in [0.25, 0.3) is 0 Å². The molecule has 0 aromatic carbocycles. The molecule has 1 atom stereocenters. The van der Waals surface area contributed by atoms with Gasteiger partial charge in [0.2, 0.25) is 5.91 Å². The summed E-state index contributed by atoms with van der Waals surface area (Å²) in [5, 5.41) is 0. The molecule has 1 aliphatic heterocycles. The average Bonchev–Trinajstić information content (AvgIpc) is 2.25. The molecule has 1 unspecified atom stereocenters. The summed E-state index contributed by atoms with van der Waals surface area (Å²) >= 11 is 0. The summed E-state index contributed by atoms with van der Waals surface area (Å²) in [5.41, 5.74) is 5.05. The van der Waals surface area contributed by atoms with Gasteiger partial charge in [-0.25, -0.2) is 0 Å². The lowest BCUT2D eigenvalue weighted by Gasteiger charge is -2.41. The van der Waals surface area contributed by atoms with Gasteiger partial charge in [-0.15, -0.1) is 0 Å². The van der Waals surface area contributed by atoms with E-state index in [2.05, 4.69) is 0 Å². The van der Waals surface area contributed by atoms with Crippen molar-refractivity contribution in [3.05, 3.63) is 0 Å². The average molecular weight is 228 g/mol. The zero-order valence-electron chi connectivity index (χ0n) is 10.9. The minimum Gasteiger partial charge on any atom is -0.372 e. The van der Waals surface area contributed by atoms with Gasteiger partial charge in [-0.3, -0.25) is 4.79 Å². The smallest absolute Gasteiger partial charge is 0.229 e. The van der Waals surface area contributed by atoms with Crippen LogP contribution in [0.2, 0.25) is 0 Å². The molecule has 0 saturated carbocycles. The second-order valence-electron chi connectivity index (χ2n) is 5.45. The zero-order valence-corrected chi connectivity index (χ0v) is 10.9. The second-order valence-corrected chi connectivity index (χ2v) is 5.45. The highest BCUT2D eigenvalue weighted by molar-refractivity contribution is 5.82. The van der Waals surface area contributed by atoms with Gasteiger partial charge >= 0.3 is 0 Å². The predicted octanol–water partition coefficient (Wildman–Crippen LogP) is 0.999. The van der Waals surface area contributed by atoms with Crippen molar-refractivity contribution in [3.63, 3.8) is 0 Å². The van der Waals surface area contributed by atoms with E-state index in [4.69, 9.17) is 10.5 Å². The fourth-order valence-corrected chi connectivity index (χ4v) is 1.95. The van der Waals surface area contributed by atoms with Crippen molar-refractivity contribution in [1.29, 1.82) is 0 Å². The normalized spacial score (nSPS) is 23.9. The molecule has 1 fully saturated rings. The van der Waals surface area contributed by atoms with Crippen LogP contribution in [0.4, 0.5) is 0 Å². The van der Waals surface area contributed by atoms with Gasteiger partial charge < -0.3 is 15.4 Å². The highest BCUT2D eigenvalue weighted by atomic mass is 16.5. The second kappa shape index (κ2) is 4.72. The van der Waals surface area contributed by atoms with Crippen molar-refractivity contribution < 1.29 is 9.53 Å². The molecule has 4 heteroatoms. The number of hydrogen-bond acceptors (Lipinski definition) is 3. The van der Waals surface area contributed by atoms with Crippen molar-refractivity contribution >= 4 is 5.91 Å². The number of nitrogens with two attached hydrogens (primary N) is 1. The highest BCUT2D eigenvalue weighted by Gasteiger charge is 2.38. The van der Waals surface area contributed by atoms with Crippen LogP contribution in [0.15, 0.2) is 0 Å². The largest absolute Gasteiger partial charge is 0.372 e. The van der Waals surface area contributed by atoms with E-state index in [0.29, 0.717) is 26.2 Å². The third-order valence-electron chi connectivity index (χ3n) is 3.46. The summed E-state index contributed by atoms with van der Waals surface area (Å²) in [6.07, 6.45) is 0.778. The third kappa shape index (κ3) is 2.74. The molecule has 0 aromatic heterocycles. The first kappa shape index (κ1) is 13.5. The Morgan fingerprint density at radius 1 is 1.56 bits per heavy atom. The Morgan fingerprint density at radius 2 is 2.19 bits per heavy atom. The molecule has 0 aromatic rings. The van der Waals surface area contributed by atoms with Gasteiger partial charge in [0, 0.05) is 19.6 Å². The van der Waals surface area contributed by atoms with Crippen molar-refractivity contribution in [2.24, 2.45) is 11.1 Å². The number of nitrogens with zero attached hydrogens (tertiary/aromatic N) is 1. The third-order valence-corrected chi connectivity index (χ3v) is 3.46. The fraction of sp³-hybridized carbons (Fsp3) is 0.917. The number of carbonyl (C=O) groups excluding carboxylic acids is 1. The molecule has 0 aliphatic carbocycles. The summed E-state index contributed by atoms with van der Waals surface area (Å²) in [4.78, 5) is 14.2. The summed E-state index contributed by atoms with van der Waals surface area (Å²) in [7, 11) is 0. The highest BCUT2D eigenvalue weighted by Crippen LogP contribution is 2.26. The van der Waals surface area contributed by atoms with Crippen molar-refractivity contribution in [2.45, 2.75) is 39.7 Å². The number of amides is 1. The maximum Gasteiger partial charge on any atom is 0.229 e. The van der Waals surface area contributed by atoms with E-state index in [1.54, 1.807) is 0 Å². The Morgan fingerprint density at radius 3 is 2.62 bits per heavy atom. The van der Waals surface area contributed by atoms with Crippen LogP contribution in [0.5, 0.6) is 0 Å². The fourth-order valence-electron chi connectivity index (χ4n) is 1.95. The Kier molecular flexibility index (Phi) is 3.97. The molecule has 1 heterocycles. The first-order chi connectivity index (χ1) is 7.34. The van der Waals surface area contributed by atoms with Gasteiger partial charge in [0.1, 0.15) is 0 Å². The first-order valence-corrected chi connectivity index (χ1v) is 5.98. The maximum absolute atomic E-state index is 12.4. The molecule has 0 spiro atoms. The lowest BCUT2D eigenvalue weighted by Crippen LogP contribution is -2.55. The van der Waals surface area contributed by atoms with Crippen molar-refractivity contribution in [1.82, 2.24) is 4.90 Å². The molecule has 0 radical (unpaired) electrons. The van der Waals surface area contributed by atoms with Gasteiger partial charge in [0.05, 0.1) is 17.6 Å². The Balaban J connectivity index is 2.74. The van der Waals surface area contributed by atoms with E-state index in [0.717, 1.165) is 6.42 Å². The molecule has 4 nitrogen and oxygen atoms in total. The quantitative estimate of drug-likeness (QED) is 0.784. The van der Waals surface area contributed by atoms with Gasteiger partial charge in [-0.05, 0) is 27.2 Å². The molecule has 16 heavy (non-hydrogen) atoms. The van der Waals surface area contributed by atoms with E-state index in [-0.39, 0.29) is 11.5 Å². The van der Waals surface area contributed by atoms with Gasteiger partial charge in [-0.1, -0.05) is 6.92 Å². The number of hydrogen-bond donors (Lipinski definition) is 1. The van der Waals surface area contributed by atoms with Crippen LogP contribution in [-0.4, -0.2) is 42.6 Å². The number of morpholine rings is 1. The zero-order chi connectivity index (χ0) is 12.4. The molecule has 1 rings (SSSR count). The monoisotopic (exact) mass is 228 g/mol. The summed E-state index contributed by atoms with van der Waals surface area (Å²) in [6, 6.07) is 0. The standard InChI is InChI=1S/C12H24N2O2/c1-5-12(4,8-13)10(15)14-6-7-16-11(2,3)9-14/h5-9,13H2,1-4H3. The van der Waals surface area contributed by atoms with E-state index in [9.17, 15) is 4.79 Å². The van der Waals surface area contributed by atoms with Gasteiger partial charge in [0.25, 0.3) is 0 Å². The molecular formula is C12H24N2O2. The molecule has 94 valence electrons. The Bertz CT molecular complexity index is 260. The van der Waals surface area contributed by atoms with Crippen LogP contribution < -0.4 is 5.73 Å². The molecule has 0 bridgehead atoms. The van der Waals surface area contributed by atoms with Crippen LogP contribution in [0.1, 0.15) is 34.1 Å². The summed E-state index contributed by atoms with van der Waals surface area (Å²) in [6.45, 7) is 10.3. The van der Waals surface area contributed by atoms with Crippen molar-refractivity contribution in [2.75, 3.05) is 26.2 Å². The van der Waals surface area contributed by atoms with Crippen LogP contribution in [-0.2, 0) is 9.53 Å². The Labute approximate surface area is 98.1 Å². The molecule has 2 N–H and O–H groups in total. The van der Waals surface area contributed by atoms with Gasteiger partial charge in [-0.2, -0.15) is 0 Å². The molecule has 1 amide bonds. The first-order valence-electron chi connectivity index (χ1n) is 5.98. The predicted molar refractivity (Wildman–Crippen MR) is 64.1 cm³/mol. The van der Waals surface area contributed by atoms with E-state index < -0.39 is 5.41 Å².